The van der Waals surface area contributed by atoms with E-state index in [0.717, 1.165) is 17.2 Å². The Morgan fingerprint density at radius 3 is 3.24 bits per heavy atom. The van der Waals surface area contributed by atoms with Crippen LogP contribution >= 0.6 is 11.3 Å². The van der Waals surface area contributed by atoms with Crippen molar-refractivity contribution < 1.29 is 0 Å². The second-order valence-corrected chi connectivity index (χ2v) is 4.44. The van der Waals surface area contributed by atoms with Gasteiger partial charge in [0.05, 0.1) is 6.54 Å². The number of aromatic nitrogens is 3. The first kappa shape index (κ1) is 10.1. The highest BCUT2D eigenvalue weighted by atomic mass is 32.1. The lowest BCUT2D eigenvalue weighted by Gasteiger charge is -2.07. The van der Waals surface area contributed by atoms with Crippen LogP contribution in [-0.4, -0.2) is 14.4 Å². The fraction of sp³-hybridized carbons (Fsp3) is 0.0909. The first-order chi connectivity index (χ1) is 8.33. The van der Waals surface area contributed by atoms with Crippen LogP contribution in [0.1, 0.15) is 5.69 Å². The van der Waals surface area contributed by atoms with Gasteiger partial charge in [0.15, 0.2) is 0 Å². The zero-order valence-corrected chi connectivity index (χ0v) is 9.70. The Morgan fingerprint density at radius 2 is 2.41 bits per heavy atom. The molecule has 0 fully saturated rings. The summed E-state index contributed by atoms with van der Waals surface area (Å²) in [5.74, 6) is 0.951. The molecule has 5 nitrogen and oxygen atoms in total. The van der Waals surface area contributed by atoms with Crippen molar-refractivity contribution in [2.24, 2.45) is 0 Å². The molecule has 0 saturated carbocycles. The minimum Gasteiger partial charge on any atom is -0.366 e. The van der Waals surface area contributed by atoms with Gasteiger partial charge in [0.1, 0.15) is 11.5 Å². The van der Waals surface area contributed by atoms with Gasteiger partial charge >= 0.3 is 4.87 Å². The number of hydrogen-bond donors (Lipinski definition) is 2. The molecule has 0 aliphatic rings. The molecule has 0 saturated heterocycles. The van der Waals surface area contributed by atoms with Crippen LogP contribution in [0.2, 0.25) is 0 Å². The SMILES string of the molecule is O=c1[nH]c(CNc2cccc3nccn23)cs1. The number of thiazole rings is 1. The van der Waals surface area contributed by atoms with Gasteiger partial charge in [0.2, 0.25) is 0 Å². The van der Waals surface area contributed by atoms with Crippen molar-refractivity contribution in [3.63, 3.8) is 0 Å². The maximum absolute atomic E-state index is 11.0. The van der Waals surface area contributed by atoms with E-state index >= 15 is 0 Å². The lowest BCUT2D eigenvalue weighted by Crippen LogP contribution is -2.05. The van der Waals surface area contributed by atoms with Gasteiger partial charge in [-0.25, -0.2) is 4.98 Å². The first-order valence-electron chi connectivity index (χ1n) is 5.15. The average Bonchev–Trinajstić information content (AvgIpc) is 2.94. The predicted octanol–water partition coefficient (Wildman–Crippen LogP) is 1.70. The number of rotatable bonds is 3. The number of H-pyrrole nitrogens is 1. The number of aromatic amines is 1. The Labute approximate surface area is 101 Å². The summed E-state index contributed by atoms with van der Waals surface area (Å²) in [6, 6.07) is 5.86. The minimum atomic E-state index is -0.0253. The molecule has 0 spiro atoms. The van der Waals surface area contributed by atoms with Crippen molar-refractivity contribution >= 4 is 22.8 Å². The van der Waals surface area contributed by atoms with Crippen molar-refractivity contribution in [3.8, 4) is 0 Å². The van der Waals surface area contributed by atoms with Crippen molar-refractivity contribution in [1.82, 2.24) is 14.4 Å². The summed E-state index contributed by atoms with van der Waals surface area (Å²) in [4.78, 5) is 17.9. The average molecular weight is 246 g/mol. The third-order valence-electron chi connectivity index (χ3n) is 2.46. The van der Waals surface area contributed by atoms with Gasteiger partial charge in [-0.15, -0.1) is 0 Å². The summed E-state index contributed by atoms with van der Waals surface area (Å²) in [5.41, 5.74) is 1.78. The highest BCUT2D eigenvalue weighted by Gasteiger charge is 2.01. The lowest BCUT2D eigenvalue weighted by molar-refractivity contribution is 1.02. The van der Waals surface area contributed by atoms with Crippen molar-refractivity contribution in [2.45, 2.75) is 6.54 Å². The summed E-state index contributed by atoms with van der Waals surface area (Å²) in [6.07, 6.45) is 3.65. The first-order valence-corrected chi connectivity index (χ1v) is 6.03. The van der Waals surface area contributed by atoms with E-state index < -0.39 is 0 Å². The van der Waals surface area contributed by atoms with Gasteiger partial charge in [-0.3, -0.25) is 9.20 Å². The van der Waals surface area contributed by atoms with Crippen LogP contribution in [0, 0.1) is 0 Å². The normalized spacial score (nSPS) is 10.8. The fourth-order valence-corrected chi connectivity index (χ4v) is 2.26. The summed E-state index contributed by atoms with van der Waals surface area (Å²) >= 11 is 1.17. The van der Waals surface area contributed by atoms with Gasteiger partial charge in [-0.2, -0.15) is 0 Å². The Morgan fingerprint density at radius 1 is 1.47 bits per heavy atom. The number of nitrogens with zero attached hydrogens (tertiary/aromatic N) is 2. The summed E-state index contributed by atoms with van der Waals surface area (Å²) in [6.45, 7) is 0.593. The molecule has 0 amide bonds. The standard InChI is InChI=1S/C11H10N4OS/c16-11-14-8(7-17-11)6-13-10-3-1-2-9-12-4-5-15(9)10/h1-5,7,13H,6H2,(H,14,16). The van der Waals surface area contributed by atoms with Crippen molar-refractivity contribution in [1.29, 1.82) is 0 Å². The molecule has 3 aromatic rings. The van der Waals surface area contributed by atoms with Crippen LogP contribution in [0.15, 0.2) is 40.8 Å². The molecule has 3 rings (SSSR count). The topological polar surface area (TPSA) is 62.2 Å². The van der Waals surface area contributed by atoms with Gasteiger partial charge in [0, 0.05) is 23.5 Å². The van der Waals surface area contributed by atoms with E-state index in [2.05, 4.69) is 15.3 Å². The highest BCUT2D eigenvalue weighted by Crippen LogP contribution is 2.11. The molecule has 0 atom stereocenters. The smallest absolute Gasteiger partial charge is 0.304 e. The molecular formula is C11H10N4OS. The third kappa shape index (κ3) is 1.94. The monoisotopic (exact) mass is 246 g/mol. The fourth-order valence-electron chi connectivity index (χ4n) is 1.68. The Kier molecular flexibility index (Phi) is 2.41. The zero-order chi connectivity index (χ0) is 11.7. The van der Waals surface area contributed by atoms with Gasteiger partial charge in [-0.1, -0.05) is 17.4 Å². The lowest BCUT2D eigenvalue weighted by atomic mass is 10.4. The van der Waals surface area contributed by atoms with E-state index in [1.54, 1.807) is 6.20 Å². The number of pyridine rings is 1. The predicted molar refractivity (Wildman–Crippen MR) is 67.5 cm³/mol. The maximum Gasteiger partial charge on any atom is 0.304 e. The molecule has 6 heteroatoms. The second-order valence-electron chi connectivity index (χ2n) is 3.59. The maximum atomic E-state index is 11.0. The number of fused-ring (bicyclic) bond motifs is 1. The zero-order valence-electron chi connectivity index (χ0n) is 8.88. The molecule has 0 aliphatic heterocycles. The van der Waals surface area contributed by atoms with E-state index in [9.17, 15) is 4.79 Å². The van der Waals surface area contributed by atoms with E-state index in [4.69, 9.17) is 0 Å². The Bertz CT molecular complexity index is 696. The molecule has 3 heterocycles. The van der Waals surface area contributed by atoms with E-state index in [1.807, 2.05) is 34.2 Å². The Balaban J connectivity index is 1.85. The Hall–Kier alpha value is -2.08. The van der Waals surface area contributed by atoms with Crippen molar-refractivity contribution in [3.05, 3.63) is 51.3 Å². The van der Waals surface area contributed by atoms with Gasteiger partial charge in [-0.05, 0) is 12.1 Å². The summed E-state index contributed by atoms with van der Waals surface area (Å²) in [7, 11) is 0. The van der Waals surface area contributed by atoms with Gasteiger partial charge < -0.3 is 10.3 Å². The highest BCUT2D eigenvalue weighted by molar-refractivity contribution is 7.07. The molecule has 2 N–H and O–H groups in total. The molecule has 0 aliphatic carbocycles. The molecule has 0 aromatic carbocycles. The van der Waals surface area contributed by atoms with Crippen LogP contribution in [0.25, 0.3) is 5.65 Å². The van der Waals surface area contributed by atoms with Crippen LogP contribution in [0.5, 0.6) is 0 Å². The number of nitrogens with one attached hydrogen (secondary N) is 2. The van der Waals surface area contributed by atoms with Crippen molar-refractivity contribution in [2.75, 3.05) is 5.32 Å². The molecule has 17 heavy (non-hydrogen) atoms. The largest absolute Gasteiger partial charge is 0.366 e. The van der Waals surface area contributed by atoms with E-state index in [-0.39, 0.29) is 4.87 Å². The van der Waals surface area contributed by atoms with Crippen LogP contribution in [0.3, 0.4) is 0 Å². The number of anilines is 1. The van der Waals surface area contributed by atoms with Gasteiger partial charge in [0.25, 0.3) is 0 Å². The summed E-state index contributed by atoms with van der Waals surface area (Å²) in [5, 5.41) is 5.09. The number of hydrogen-bond acceptors (Lipinski definition) is 4. The molecule has 0 unspecified atom stereocenters. The van der Waals surface area contributed by atoms with Crippen LogP contribution in [0.4, 0.5) is 5.82 Å². The molecular weight excluding hydrogens is 236 g/mol. The quantitative estimate of drug-likeness (QED) is 0.739. The van der Waals surface area contributed by atoms with E-state index in [0.29, 0.717) is 6.54 Å². The third-order valence-corrected chi connectivity index (χ3v) is 3.18. The molecule has 0 radical (unpaired) electrons. The molecule has 86 valence electrons. The second kappa shape index (κ2) is 4.06. The molecule has 0 bridgehead atoms. The number of imidazole rings is 1. The molecule has 3 aromatic heterocycles. The summed E-state index contributed by atoms with van der Waals surface area (Å²) < 4.78 is 1.96. The minimum absolute atomic E-state index is 0.0253. The van der Waals surface area contributed by atoms with Crippen LogP contribution < -0.4 is 10.2 Å². The van der Waals surface area contributed by atoms with Crippen LogP contribution in [-0.2, 0) is 6.54 Å². The van der Waals surface area contributed by atoms with E-state index in [1.165, 1.54) is 11.3 Å².